The summed E-state index contributed by atoms with van der Waals surface area (Å²) in [6, 6.07) is 3.12. The lowest BCUT2D eigenvalue weighted by atomic mass is 10.2. The van der Waals surface area contributed by atoms with Crippen LogP contribution in [-0.2, 0) is 14.6 Å². The van der Waals surface area contributed by atoms with Gasteiger partial charge >= 0.3 is 0 Å². The molecule has 1 amide bonds. The first-order valence-corrected chi connectivity index (χ1v) is 8.41. The summed E-state index contributed by atoms with van der Waals surface area (Å²) in [6.45, 7) is 0.400. The molecule has 1 aromatic heterocycles. The maximum Gasteiger partial charge on any atom is 0.227 e. The summed E-state index contributed by atoms with van der Waals surface area (Å²) in [7, 11) is -3.02. The number of nitrogens with one attached hydrogen (secondary N) is 2. The highest BCUT2D eigenvalue weighted by atomic mass is 79.9. The molecule has 104 valence electrons. The van der Waals surface area contributed by atoms with E-state index in [1.807, 2.05) is 0 Å². The van der Waals surface area contributed by atoms with Gasteiger partial charge in [0.1, 0.15) is 5.82 Å². The fourth-order valence-corrected chi connectivity index (χ4v) is 3.54. The van der Waals surface area contributed by atoms with E-state index in [2.05, 4.69) is 31.5 Å². The zero-order valence-electron chi connectivity index (χ0n) is 10.1. The van der Waals surface area contributed by atoms with Crippen molar-refractivity contribution in [3.05, 3.63) is 22.8 Å². The van der Waals surface area contributed by atoms with Crippen LogP contribution in [0.5, 0.6) is 0 Å². The van der Waals surface area contributed by atoms with Gasteiger partial charge in [0, 0.05) is 29.7 Å². The molecule has 6 nitrogen and oxygen atoms in total. The highest BCUT2D eigenvalue weighted by molar-refractivity contribution is 9.10. The van der Waals surface area contributed by atoms with E-state index >= 15 is 0 Å². The van der Waals surface area contributed by atoms with Crippen LogP contribution >= 0.6 is 15.9 Å². The zero-order valence-corrected chi connectivity index (χ0v) is 12.5. The largest absolute Gasteiger partial charge is 0.311 e. The molecule has 2 N–H and O–H groups in total. The number of halogens is 1. The first-order chi connectivity index (χ1) is 8.94. The molecule has 19 heavy (non-hydrogen) atoms. The van der Waals surface area contributed by atoms with Crippen LogP contribution in [0.15, 0.2) is 22.8 Å². The van der Waals surface area contributed by atoms with Gasteiger partial charge in [0.25, 0.3) is 0 Å². The summed E-state index contributed by atoms with van der Waals surface area (Å²) < 4.78 is 23.7. The Labute approximate surface area is 120 Å². The first-order valence-electron chi connectivity index (χ1n) is 5.80. The van der Waals surface area contributed by atoms with Crippen LogP contribution in [0.25, 0.3) is 0 Å². The molecule has 2 rings (SSSR count). The van der Waals surface area contributed by atoms with Crippen molar-refractivity contribution in [2.24, 2.45) is 0 Å². The van der Waals surface area contributed by atoms with Gasteiger partial charge in [0.2, 0.25) is 5.91 Å². The molecule has 1 unspecified atom stereocenters. The molecular weight excluding hydrogens is 334 g/mol. The Balaban J connectivity index is 1.89. The van der Waals surface area contributed by atoms with Crippen LogP contribution in [0.3, 0.4) is 0 Å². The van der Waals surface area contributed by atoms with Crippen LogP contribution in [0.4, 0.5) is 5.82 Å². The Morgan fingerprint density at radius 2 is 2.32 bits per heavy atom. The summed E-state index contributed by atoms with van der Waals surface area (Å²) in [4.78, 5) is 15.8. The molecule has 0 saturated carbocycles. The van der Waals surface area contributed by atoms with Crippen LogP contribution in [0, 0.1) is 0 Å². The number of anilines is 1. The van der Waals surface area contributed by atoms with E-state index in [1.54, 1.807) is 18.3 Å². The van der Waals surface area contributed by atoms with E-state index in [1.165, 1.54) is 0 Å². The number of amides is 1. The predicted octanol–water partition coefficient (Wildman–Crippen LogP) is 0.559. The van der Waals surface area contributed by atoms with E-state index in [0.29, 0.717) is 12.4 Å². The summed E-state index contributed by atoms with van der Waals surface area (Å²) >= 11 is 3.25. The fourth-order valence-electron chi connectivity index (χ4n) is 1.87. The molecule has 2 heterocycles. The molecule has 1 aliphatic rings. The fraction of sp³-hybridized carbons (Fsp3) is 0.455. The molecule has 0 spiro atoms. The molecule has 0 aliphatic carbocycles. The van der Waals surface area contributed by atoms with Crippen LogP contribution < -0.4 is 10.6 Å². The van der Waals surface area contributed by atoms with Crippen LogP contribution in [0.2, 0.25) is 0 Å². The number of hydrogen-bond acceptors (Lipinski definition) is 5. The quantitative estimate of drug-likeness (QED) is 0.833. The molecular formula is C11H14BrN3O3S. The van der Waals surface area contributed by atoms with Gasteiger partial charge in [-0.2, -0.15) is 0 Å². The molecule has 1 aromatic rings. The van der Waals surface area contributed by atoms with Gasteiger partial charge in [-0.05, 0) is 28.1 Å². The Morgan fingerprint density at radius 3 is 2.95 bits per heavy atom. The number of carbonyl (C=O) groups is 1. The lowest BCUT2D eigenvalue weighted by molar-refractivity contribution is -0.116. The second-order valence-corrected chi connectivity index (χ2v) is 7.52. The normalized spacial score (nSPS) is 21.8. The van der Waals surface area contributed by atoms with Gasteiger partial charge in [0.05, 0.1) is 11.5 Å². The number of aromatic nitrogens is 1. The SMILES string of the molecule is O=C(CC1CS(=O)(=O)CCN1)Nc1ccc(Br)cn1. The van der Waals surface area contributed by atoms with E-state index in [-0.39, 0.29) is 29.9 Å². The van der Waals surface area contributed by atoms with Crippen molar-refractivity contribution in [3.63, 3.8) is 0 Å². The van der Waals surface area contributed by atoms with Crippen molar-refractivity contribution in [1.82, 2.24) is 10.3 Å². The van der Waals surface area contributed by atoms with E-state index in [9.17, 15) is 13.2 Å². The van der Waals surface area contributed by atoms with Crippen LogP contribution in [0.1, 0.15) is 6.42 Å². The monoisotopic (exact) mass is 347 g/mol. The van der Waals surface area contributed by atoms with Gasteiger partial charge in [-0.3, -0.25) is 4.79 Å². The maximum atomic E-state index is 11.8. The molecule has 0 bridgehead atoms. The van der Waals surface area contributed by atoms with Crippen molar-refractivity contribution in [3.8, 4) is 0 Å². The average Bonchev–Trinajstić information content (AvgIpc) is 2.30. The first kappa shape index (κ1) is 14.4. The van der Waals surface area contributed by atoms with Crippen molar-refractivity contribution in [2.45, 2.75) is 12.5 Å². The number of rotatable bonds is 3. The van der Waals surface area contributed by atoms with Crippen molar-refractivity contribution in [1.29, 1.82) is 0 Å². The maximum absolute atomic E-state index is 11.8. The minimum atomic E-state index is -3.02. The minimum Gasteiger partial charge on any atom is -0.311 e. The van der Waals surface area contributed by atoms with Gasteiger partial charge in [0.15, 0.2) is 9.84 Å². The summed E-state index contributed by atoms with van der Waals surface area (Å²) in [5, 5.41) is 5.67. The topological polar surface area (TPSA) is 88.2 Å². The third kappa shape index (κ3) is 4.55. The number of sulfone groups is 1. The standard InChI is InChI=1S/C11H14BrN3O3S/c12-8-1-2-10(14-6-8)15-11(16)5-9-7-19(17,18)4-3-13-9/h1-2,6,9,13H,3-5,7H2,(H,14,15,16). The number of carbonyl (C=O) groups excluding carboxylic acids is 1. The zero-order chi connectivity index (χ0) is 13.9. The van der Waals surface area contributed by atoms with Gasteiger partial charge in [-0.15, -0.1) is 0 Å². The van der Waals surface area contributed by atoms with Crippen molar-refractivity contribution < 1.29 is 13.2 Å². The summed E-state index contributed by atoms with van der Waals surface area (Å²) in [5.74, 6) is 0.351. The highest BCUT2D eigenvalue weighted by Crippen LogP contribution is 2.11. The number of hydrogen-bond donors (Lipinski definition) is 2. The molecule has 0 radical (unpaired) electrons. The Kier molecular flexibility index (Phi) is 4.54. The van der Waals surface area contributed by atoms with E-state index in [0.717, 1.165) is 4.47 Å². The molecule has 0 aromatic carbocycles. The average molecular weight is 348 g/mol. The third-order valence-electron chi connectivity index (χ3n) is 2.73. The Hall–Kier alpha value is -0.990. The highest BCUT2D eigenvalue weighted by Gasteiger charge is 2.25. The third-order valence-corrected chi connectivity index (χ3v) is 4.93. The minimum absolute atomic E-state index is 0.00812. The smallest absolute Gasteiger partial charge is 0.227 e. The molecule has 1 atom stereocenters. The molecule has 1 saturated heterocycles. The number of nitrogens with zero attached hydrogens (tertiary/aromatic N) is 1. The van der Waals surface area contributed by atoms with E-state index < -0.39 is 9.84 Å². The summed E-state index contributed by atoms with van der Waals surface area (Å²) in [5.41, 5.74) is 0. The lowest BCUT2D eigenvalue weighted by Crippen LogP contribution is -2.46. The van der Waals surface area contributed by atoms with E-state index in [4.69, 9.17) is 0 Å². The molecule has 1 fully saturated rings. The number of pyridine rings is 1. The molecule has 8 heteroatoms. The predicted molar refractivity (Wildman–Crippen MR) is 75.6 cm³/mol. The van der Waals surface area contributed by atoms with Gasteiger partial charge < -0.3 is 10.6 Å². The molecule has 1 aliphatic heterocycles. The van der Waals surface area contributed by atoms with Gasteiger partial charge in [-0.1, -0.05) is 0 Å². The summed E-state index contributed by atoms with van der Waals surface area (Å²) in [6.07, 6.45) is 1.70. The van der Waals surface area contributed by atoms with Crippen LogP contribution in [-0.4, -0.2) is 43.4 Å². The second-order valence-electron chi connectivity index (χ2n) is 4.38. The Bertz CT molecular complexity index is 559. The second kappa shape index (κ2) is 5.98. The van der Waals surface area contributed by atoms with Crippen molar-refractivity contribution >= 4 is 37.5 Å². The van der Waals surface area contributed by atoms with Crippen molar-refractivity contribution in [2.75, 3.05) is 23.4 Å². The Morgan fingerprint density at radius 1 is 1.53 bits per heavy atom. The lowest BCUT2D eigenvalue weighted by Gasteiger charge is -2.22. The van der Waals surface area contributed by atoms with Gasteiger partial charge in [-0.25, -0.2) is 13.4 Å².